The predicted octanol–water partition coefficient (Wildman–Crippen LogP) is 3.71. The van der Waals surface area contributed by atoms with Crippen LogP contribution in [0.5, 0.6) is 5.75 Å². The van der Waals surface area contributed by atoms with Crippen molar-refractivity contribution < 1.29 is 14.4 Å². The van der Waals surface area contributed by atoms with Gasteiger partial charge in [0.2, 0.25) is 0 Å². The number of phenolic OH excluding ortho intramolecular Hbond substituents is 1. The molecule has 0 aliphatic carbocycles. The molecule has 0 fully saturated rings. The number of nitro groups is 1. The number of nitro benzene ring substituents is 1. The third-order valence-electron chi connectivity index (χ3n) is 2.70. The van der Waals surface area contributed by atoms with Crippen LogP contribution in [0.15, 0.2) is 36.4 Å². The number of benzene rings is 2. The molecule has 0 aliphatic heterocycles. The molecule has 0 aromatic heterocycles. The zero-order valence-electron chi connectivity index (χ0n) is 10.1. The normalized spacial score (nSPS) is 10.3. The first-order valence-corrected chi connectivity index (χ1v) is 6.01. The van der Waals surface area contributed by atoms with E-state index in [2.05, 4.69) is 5.32 Å². The molecular formula is C13H10ClFN2O3. The molecule has 5 nitrogen and oxygen atoms in total. The summed E-state index contributed by atoms with van der Waals surface area (Å²) in [6.45, 7) is -0.00286. The number of hydrogen-bond donors (Lipinski definition) is 2. The van der Waals surface area contributed by atoms with Crippen LogP contribution >= 0.6 is 11.6 Å². The van der Waals surface area contributed by atoms with Gasteiger partial charge in [-0.05, 0) is 24.3 Å². The maximum atomic E-state index is 13.6. The quantitative estimate of drug-likeness (QED) is 0.512. The zero-order chi connectivity index (χ0) is 14.7. The minimum atomic E-state index is -0.634. The Morgan fingerprint density at radius 3 is 2.75 bits per heavy atom. The zero-order valence-corrected chi connectivity index (χ0v) is 10.9. The van der Waals surface area contributed by atoms with Crippen molar-refractivity contribution in [2.45, 2.75) is 6.54 Å². The molecule has 0 aliphatic rings. The standard InChI is InChI=1S/C13H10ClFN2O3/c14-10-2-1-3-11(15)9(10)7-16-12-5-4-8(18)6-13(12)17(19)20/h1-6,16,18H,7H2. The van der Waals surface area contributed by atoms with Crippen LogP contribution in [-0.4, -0.2) is 10.0 Å². The third-order valence-corrected chi connectivity index (χ3v) is 3.05. The molecule has 7 heteroatoms. The van der Waals surface area contributed by atoms with Gasteiger partial charge in [-0.15, -0.1) is 0 Å². The molecule has 0 saturated heterocycles. The van der Waals surface area contributed by atoms with E-state index in [0.717, 1.165) is 6.07 Å². The van der Waals surface area contributed by atoms with E-state index in [1.807, 2.05) is 0 Å². The van der Waals surface area contributed by atoms with E-state index >= 15 is 0 Å². The molecular weight excluding hydrogens is 287 g/mol. The third kappa shape index (κ3) is 2.97. The molecule has 0 unspecified atom stereocenters. The highest BCUT2D eigenvalue weighted by Gasteiger charge is 2.15. The van der Waals surface area contributed by atoms with Crippen molar-refractivity contribution >= 4 is 23.0 Å². The van der Waals surface area contributed by atoms with Crippen molar-refractivity contribution in [1.29, 1.82) is 0 Å². The van der Waals surface area contributed by atoms with Crippen LogP contribution in [0.1, 0.15) is 5.56 Å². The van der Waals surface area contributed by atoms with Gasteiger partial charge >= 0.3 is 0 Å². The smallest absolute Gasteiger partial charge is 0.296 e. The van der Waals surface area contributed by atoms with Gasteiger partial charge in [0, 0.05) is 17.1 Å². The van der Waals surface area contributed by atoms with Gasteiger partial charge in [-0.2, -0.15) is 0 Å². The Hall–Kier alpha value is -2.34. The lowest BCUT2D eigenvalue weighted by Gasteiger charge is -2.09. The van der Waals surface area contributed by atoms with Gasteiger partial charge in [0.05, 0.1) is 11.0 Å². The molecule has 0 radical (unpaired) electrons. The van der Waals surface area contributed by atoms with Crippen LogP contribution in [0.2, 0.25) is 5.02 Å². The summed E-state index contributed by atoms with van der Waals surface area (Å²) in [6, 6.07) is 7.94. The second-order valence-electron chi connectivity index (χ2n) is 4.01. The van der Waals surface area contributed by atoms with Crippen molar-refractivity contribution in [2.75, 3.05) is 5.32 Å². The topological polar surface area (TPSA) is 75.4 Å². The lowest BCUT2D eigenvalue weighted by molar-refractivity contribution is -0.384. The Balaban J connectivity index is 2.25. The summed E-state index contributed by atoms with van der Waals surface area (Å²) in [4.78, 5) is 10.2. The van der Waals surface area contributed by atoms with Crippen molar-refractivity contribution in [3.05, 3.63) is 62.9 Å². The average Bonchev–Trinajstić information content (AvgIpc) is 2.39. The number of aromatic hydroxyl groups is 1. The van der Waals surface area contributed by atoms with Crippen molar-refractivity contribution in [3.8, 4) is 5.75 Å². The summed E-state index contributed by atoms with van der Waals surface area (Å²) in [5, 5.41) is 23.1. The number of anilines is 1. The molecule has 104 valence electrons. The molecule has 20 heavy (non-hydrogen) atoms. The van der Waals surface area contributed by atoms with E-state index in [-0.39, 0.29) is 34.3 Å². The van der Waals surface area contributed by atoms with Gasteiger partial charge in [-0.25, -0.2) is 4.39 Å². The highest BCUT2D eigenvalue weighted by molar-refractivity contribution is 6.31. The second-order valence-corrected chi connectivity index (χ2v) is 4.42. The number of nitrogens with one attached hydrogen (secondary N) is 1. The monoisotopic (exact) mass is 296 g/mol. The Labute approximate surface area is 118 Å². The molecule has 2 N–H and O–H groups in total. The van der Waals surface area contributed by atoms with Crippen molar-refractivity contribution in [2.24, 2.45) is 0 Å². The number of nitrogens with zero attached hydrogens (tertiary/aromatic N) is 1. The summed E-state index contributed by atoms with van der Waals surface area (Å²) in [6.07, 6.45) is 0. The van der Waals surface area contributed by atoms with Crippen LogP contribution in [0, 0.1) is 15.9 Å². The highest BCUT2D eigenvalue weighted by Crippen LogP contribution is 2.29. The van der Waals surface area contributed by atoms with Gasteiger partial charge in [-0.1, -0.05) is 17.7 Å². The SMILES string of the molecule is O=[N+]([O-])c1cc(O)ccc1NCc1c(F)cccc1Cl. The molecule has 0 atom stereocenters. The molecule has 0 heterocycles. The maximum absolute atomic E-state index is 13.6. The Morgan fingerprint density at radius 2 is 2.10 bits per heavy atom. The van der Waals surface area contributed by atoms with E-state index in [0.29, 0.717) is 0 Å². The van der Waals surface area contributed by atoms with E-state index in [4.69, 9.17) is 11.6 Å². The molecule has 2 aromatic carbocycles. The van der Waals surface area contributed by atoms with Crippen LogP contribution in [-0.2, 0) is 6.54 Å². The van der Waals surface area contributed by atoms with Crippen LogP contribution < -0.4 is 5.32 Å². The molecule has 0 spiro atoms. The fraction of sp³-hybridized carbons (Fsp3) is 0.0769. The minimum absolute atomic E-state index is 0.00286. The predicted molar refractivity (Wildman–Crippen MR) is 73.5 cm³/mol. The van der Waals surface area contributed by atoms with Crippen LogP contribution in [0.25, 0.3) is 0 Å². The van der Waals surface area contributed by atoms with Gasteiger partial charge in [0.15, 0.2) is 0 Å². The van der Waals surface area contributed by atoms with E-state index in [1.54, 1.807) is 0 Å². The van der Waals surface area contributed by atoms with Crippen LogP contribution in [0.4, 0.5) is 15.8 Å². The lowest BCUT2D eigenvalue weighted by Crippen LogP contribution is -2.04. The molecule has 0 amide bonds. The second kappa shape index (κ2) is 5.75. The summed E-state index contributed by atoms with van der Waals surface area (Å²) < 4.78 is 13.6. The summed E-state index contributed by atoms with van der Waals surface area (Å²) >= 11 is 5.87. The first-order chi connectivity index (χ1) is 9.49. The van der Waals surface area contributed by atoms with Gasteiger partial charge in [-0.3, -0.25) is 10.1 Å². The highest BCUT2D eigenvalue weighted by atomic mass is 35.5. The van der Waals surface area contributed by atoms with Gasteiger partial charge in [0.25, 0.3) is 5.69 Å². The van der Waals surface area contributed by atoms with Gasteiger partial charge in [0.1, 0.15) is 17.3 Å². The molecule has 2 rings (SSSR count). The molecule has 2 aromatic rings. The van der Waals surface area contributed by atoms with Crippen molar-refractivity contribution in [3.63, 3.8) is 0 Å². The summed E-state index contributed by atoms with van der Waals surface area (Å²) in [5.41, 5.74) is 0.0983. The number of hydrogen-bond acceptors (Lipinski definition) is 4. The average molecular weight is 297 g/mol. The van der Waals surface area contributed by atoms with E-state index in [1.165, 1.54) is 30.3 Å². The van der Waals surface area contributed by atoms with E-state index in [9.17, 15) is 19.6 Å². The maximum Gasteiger partial charge on any atom is 0.296 e. The fourth-order valence-electron chi connectivity index (χ4n) is 1.71. The Bertz CT molecular complexity index is 644. The van der Waals surface area contributed by atoms with Crippen molar-refractivity contribution in [1.82, 2.24) is 0 Å². The number of rotatable bonds is 4. The van der Waals surface area contributed by atoms with E-state index < -0.39 is 10.7 Å². The van der Waals surface area contributed by atoms with Crippen LogP contribution in [0.3, 0.4) is 0 Å². The van der Waals surface area contributed by atoms with Gasteiger partial charge < -0.3 is 10.4 Å². The Kier molecular flexibility index (Phi) is 4.05. The largest absolute Gasteiger partial charge is 0.508 e. The Morgan fingerprint density at radius 1 is 1.35 bits per heavy atom. The number of halogens is 2. The minimum Gasteiger partial charge on any atom is -0.508 e. The first kappa shape index (κ1) is 14.1. The summed E-state index contributed by atoms with van der Waals surface area (Å²) in [7, 11) is 0. The first-order valence-electron chi connectivity index (χ1n) is 5.63. The fourth-order valence-corrected chi connectivity index (χ4v) is 1.94. The molecule has 0 bridgehead atoms. The number of phenols is 1. The lowest BCUT2D eigenvalue weighted by atomic mass is 10.2. The summed E-state index contributed by atoms with van der Waals surface area (Å²) in [5.74, 6) is -0.711. The molecule has 0 saturated carbocycles.